The van der Waals surface area contributed by atoms with Crippen LogP contribution in [0, 0.1) is 10.1 Å². The van der Waals surface area contributed by atoms with Crippen LogP contribution in [-0.2, 0) is 0 Å². The highest BCUT2D eigenvalue weighted by Crippen LogP contribution is 2.26. The van der Waals surface area contributed by atoms with E-state index in [1.54, 1.807) is 36.2 Å². The van der Waals surface area contributed by atoms with E-state index in [9.17, 15) is 14.9 Å². The molecule has 6 nitrogen and oxygen atoms in total. The normalized spacial score (nSPS) is 15.3. The molecule has 3 rings (SSSR count). The molecule has 142 valence electrons. The van der Waals surface area contributed by atoms with Crippen molar-refractivity contribution in [3.8, 4) is 5.75 Å². The van der Waals surface area contributed by atoms with Gasteiger partial charge in [0, 0.05) is 24.7 Å². The molecular weight excluding hydrogens is 344 g/mol. The number of benzene rings is 2. The molecule has 0 spiro atoms. The predicted octanol–water partition coefficient (Wildman–Crippen LogP) is 4.75. The molecule has 6 heteroatoms. The van der Waals surface area contributed by atoms with Crippen LogP contribution in [0.15, 0.2) is 48.5 Å². The lowest BCUT2D eigenvalue weighted by Crippen LogP contribution is -2.29. The summed E-state index contributed by atoms with van der Waals surface area (Å²) in [6.45, 7) is 1.86. The van der Waals surface area contributed by atoms with Crippen molar-refractivity contribution >= 4 is 11.6 Å². The minimum Gasteiger partial charge on any atom is -0.490 e. The first-order valence-electron chi connectivity index (χ1n) is 9.24. The number of carbonyl (C=O) groups is 1. The summed E-state index contributed by atoms with van der Waals surface area (Å²) in [5.74, 6) is 0.647. The molecule has 1 fully saturated rings. The molecule has 0 N–H and O–H groups in total. The van der Waals surface area contributed by atoms with E-state index in [0.29, 0.717) is 5.56 Å². The van der Waals surface area contributed by atoms with Crippen molar-refractivity contribution in [3.63, 3.8) is 0 Å². The first-order valence-corrected chi connectivity index (χ1v) is 9.24. The number of rotatable bonds is 6. The molecule has 0 aliphatic heterocycles. The van der Waals surface area contributed by atoms with Gasteiger partial charge in [0.15, 0.2) is 0 Å². The maximum Gasteiger partial charge on any atom is 0.269 e. The summed E-state index contributed by atoms with van der Waals surface area (Å²) in [6.07, 6.45) is 4.88. The highest BCUT2D eigenvalue weighted by atomic mass is 16.6. The molecule has 0 saturated heterocycles. The molecule has 0 bridgehead atoms. The van der Waals surface area contributed by atoms with Crippen molar-refractivity contribution in [2.75, 3.05) is 7.05 Å². The van der Waals surface area contributed by atoms with Gasteiger partial charge in [-0.3, -0.25) is 14.9 Å². The first kappa shape index (κ1) is 18.9. The molecule has 1 atom stereocenters. The highest BCUT2D eigenvalue weighted by Gasteiger charge is 2.21. The number of nitrogens with zero attached hydrogens (tertiary/aromatic N) is 2. The molecule has 0 aromatic heterocycles. The Hall–Kier alpha value is -2.89. The third-order valence-corrected chi connectivity index (χ3v) is 5.17. The van der Waals surface area contributed by atoms with Crippen LogP contribution in [0.4, 0.5) is 5.69 Å². The van der Waals surface area contributed by atoms with Crippen LogP contribution >= 0.6 is 0 Å². The highest BCUT2D eigenvalue weighted by molar-refractivity contribution is 5.94. The van der Waals surface area contributed by atoms with E-state index in [0.717, 1.165) is 24.2 Å². The van der Waals surface area contributed by atoms with Crippen LogP contribution in [-0.4, -0.2) is 28.9 Å². The molecule has 0 radical (unpaired) electrons. The van der Waals surface area contributed by atoms with Crippen molar-refractivity contribution in [1.82, 2.24) is 4.90 Å². The van der Waals surface area contributed by atoms with E-state index >= 15 is 0 Å². The van der Waals surface area contributed by atoms with Crippen LogP contribution in [0.3, 0.4) is 0 Å². The van der Waals surface area contributed by atoms with Crippen molar-refractivity contribution < 1.29 is 14.5 Å². The summed E-state index contributed by atoms with van der Waals surface area (Å²) < 4.78 is 5.93. The fourth-order valence-corrected chi connectivity index (χ4v) is 3.38. The number of non-ortho nitro benzene ring substituents is 1. The monoisotopic (exact) mass is 368 g/mol. The lowest BCUT2D eigenvalue weighted by molar-refractivity contribution is -0.384. The van der Waals surface area contributed by atoms with Crippen molar-refractivity contribution in [1.29, 1.82) is 0 Å². The minimum absolute atomic E-state index is 0.0219. The molecule has 2 aromatic carbocycles. The fourth-order valence-electron chi connectivity index (χ4n) is 3.38. The smallest absolute Gasteiger partial charge is 0.269 e. The number of carbonyl (C=O) groups excluding carboxylic acids is 1. The molecule has 1 saturated carbocycles. The molecule has 1 aliphatic rings. The maximum absolute atomic E-state index is 12.8. The van der Waals surface area contributed by atoms with Gasteiger partial charge in [-0.25, -0.2) is 0 Å². The van der Waals surface area contributed by atoms with E-state index in [-0.39, 0.29) is 23.7 Å². The van der Waals surface area contributed by atoms with Gasteiger partial charge in [-0.1, -0.05) is 12.1 Å². The fraction of sp³-hybridized carbons (Fsp3) is 0.381. The molecule has 1 amide bonds. The van der Waals surface area contributed by atoms with E-state index in [2.05, 4.69) is 0 Å². The third kappa shape index (κ3) is 4.45. The Morgan fingerprint density at radius 1 is 1.19 bits per heavy atom. The summed E-state index contributed by atoms with van der Waals surface area (Å²) >= 11 is 0. The number of hydrogen-bond donors (Lipinski definition) is 0. The zero-order chi connectivity index (χ0) is 19.4. The molecule has 1 unspecified atom stereocenters. The van der Waals surface area contributed by atoms with Crippen LogP contribution in [0.25, 0.3) is 0 Å². The standard InChI is InChI=1S/C21H24N2O4/c1-15(17-6-5-7-18(14-17)23(25)26)22(2)21(24)16-10-12-20(13-11-16)27-19-8-3-4-9-19/h5-7,10-15,19H,3-4,8-9H2,1-2H3. The molecule has 2 aromatic rings. The number of amides is 1. The number of hydrogen-bond acceptors (Lipinski definition) is 4. The van der Waals surface area contributed by atoms with Gasteiger partial charge in [-0.2, -0.15) is 0 Å². The lowest BCUT2D eigenvalue weighted by atomic mass is 10.1. The summed E-state index contributed by atoms with van der Waals surface area (Å²) in [4.78, 5) is 24.9. The number of nitro groups is 1. The van der Waals surface area contributed by atoms with Gasteiger partial charge in [-0.15, -0.1) is 0 Å². The Balaban J connectivity index is 1.68. The Morgan fingerprint density at radius 3 is 2.48 bits per heavy atom. The van der Waals surface area contributed by atoms with Crippen LogP contribution in [0.1, 0.15) is 54.6 Å². The van der Waals surface area contributed by atoms with E-state index in [1.807, 2.05) is 19.1 Å². The number of nitro benzene ring substituents is 1. The Kier molecular flexibility index (Phi) is 5.74. The Morgan fingerprint density at radius 2 is 1.85 bits per heavy atom. The summed E-state index contributed by atoms with van der Waals surface area (Å²) in [5, 5.41) is 11.0. The topological polar surface area (TPSA) is 72.7 Å². The summed E-state index contributed by atoms with van der Waals surface area (Å²) in [5.41, 5.74) is 1.31. The quantitative estimate of drug-likeness (QED) is 0.545. The number of ether oxygens (including phenoxy) is 1. The van der Waals surface area contributed by atoms with Crippen LogP contribution in [0.5, 0.6) is 5.75 Å². The largest absolute Gasteiger partial charge is 0.490 e. The van der Waals surface area contributed by atoms with E-state index in [1.165, 1.54) is 25.0 Å². The second-order valence-corrected chi connectivity index (χ2v) is 6.99. The summed E-state index contributed by atoms with van der Waals surface area (Å²) in [7, 11) is 1.70. The molecule has 1 aliphatic carbocycles. The van der Waals surface area contributed by atoms with Crippen LogP contribution in [0.2, 0.25) is 0 Å². The molecule has 0 heterocycles. The average Bonchev–Trinajstić information content (AvgIpc) is 3.20. The van der Waals surface area contributed by atoms with Gasteiger partial charge in [0.2, 0.25) is 0 Å². The van der Waals surface area contributed by atoms with Crippen molar-refractivity contribution in [2.24, 2.45) is 0 Å². The Bertz CT molecular complexity index is 813. The zero-order valence-corrected chi connectivity index (χ0v) is 15.6. The van der Waals surface area contributed by atoms with E-state index < -0.39 is 4.92 Å². The minimum atomic E-state index is -0.429. The zero-order valence-electron chi connectivity index (χ0n) is 15.6. The summed E-state index contributed by atoms with van der Waals surface area (Å²) in [6, 6.07) is 13.3. The predicted molar refractivity (Wildman–Crippen MR) is 103 cm³/mol. The molecular formula is C21H24N2O4. The average molecular weight is 368 g/mol. The van der Waals surface area contributed by atoms with Gasteiger partial charge < -0.3 is 9.64 Å². The lowest BCUT2D eigenvalue weighted by Gasteiger charge is -2.25. The van der Waals surface area contributed by atoms with Gasteiger partial charge >= 0.3 is 0 Å². The van der Waals surface area contributed by atoms with E-state index in [4.69, 9.17) is 4.74 Å². The second-order valence-electron chi connectivity index (χ2n) is 6.99. The molecule has 27 heavy (non-hydrogen) atoms. The Labute approximate surface area is 158 Å². The second kappa shape index (κ2) is 8.20. The van der Waals surface area contributed by atoms with Gasteiger partial charge in [0.25, 0.3) is 11.6 Å². The van der Waals surface area contributed by atoms with Gasteiger partial charge in [0.05, 0.1) is 17.1 Å². The van der Waals surface area contributed by atoms with Crippen LogP contribution < -0.4 is 4.74 Å². The van der Waals surface area contributed by atoms with Gasteiger partial charge in [0.1, 0.15) is 5.75 Å². The van der Waals surface area contributed by atoms with Gasteiger partial charge in [-0.05, 0) is 62.4 Å². The van der Waals surface area contributed by atoms with Crippen molar-refractivity contribution in [2.45, 2.75) is 44.8 Å². The third-order valence-electron chi connectivity index (χ3n) is 5.17. The first-order chi connectivity index (χ1) is 13.0. The maximum atomic E-state index is 12.8. The van der Waals surface area contributed by atoms with Crippen molar-refractivity contribution in [3.05, 3.63) is 69.8 Å². The SMILES string of the molecule is CC(c1cccc([N+](=O)[O-])c1)N(C)C(=O)c1ccc(OC2CCCC2)cc1.